The summed E-state index contributed by atoms with van der Waals surface area (Å²) in [6.45, 7) is 14.6. The van der Waals surface area contributed by atoms with E-state index in [1.807, 2.05) is 60.7 Å². The summed E-state index contributed by atoms with van der Waals surface area (Å²) in [7, 11) is 0. The minimum absolute atomic E-state index is 0.0133. The second kappa shape index (κ2) is 11.6. The molecule has 1 aliphatic rings. The molecule has 0 spiro atoms. The van der Waals surface area contributed by atoms with E-state index in [0.29, 0.717) is 17.5 Å². The molecule has 0 N–H and O–H groups in total. The Morgan fingerprint density at radius 2 is 0.865 bits per heavy atom. The van der Waals surface area contributed by atoms with Gasteiger partial charge in [-0.1, -0.05) is 151 Å². The second-order valence-electron chi connectivity index (χ2n) is 15.8. The molecule has 0 atom stereocenters. The zero-order valence-corrected chi connectivity index (χ0v) is 30.6. The lowest BCUT2D eigenvalue weighted by molar-refractivity contribution is 0.125. The zero-order valence-electron chi connectivity index (χ0n) is 30.6. The maximum Gasteiger partial charge on any atom is 0.164 e. The first kappa shape index (κ1) is 32.1. The number of nitrogens with zero attached hydrogens (tertiary/aromatic N) is 4. The van der Waals surface area contributed by atoms with Crippen LogP contribution in [0.25, 0.3) is 72.8 Å². The molecule has 0 unspecified atom stereocenters. The van der Waals surface area contributed by atoms with E-state index < -0.39 is 0 Å². The number of hydrogen-bond donors (Lipinski definition) is 0. The topological polar surface area (TPSA) is 43.6 Å². The third-order valence-corrected chi connectivity index (χ3v) is 12.5. The van der Waals surface area contributed by atoms with Crippen LogP contribution < -0.4 is 0 Å². The highest BCUT2D eigenvalue weighted by Gasteiger charge is 2.57. The van der Waals surface area contributed by atoms with E-state index in [1.165, 1.54) is 32.9 Å². The number of para-hydroxylation sites is 1. The van der Waals surface area contributed by atoms with Crippen LogP contribution in [0.1, 0.15) is 52.7 Å². The third-order valence-electron chi connectivity index (χ3n) is 12.5. The maximum absolute atomic E-state index is 4.99. The van der Waals surface area contributed by atoms with Crippen LogP contribution in [-0.4, -0.2) is 19.5 Å². The van der Waals surface area contributed by atoms with Gasteiger partial charge in [-0.25, -0.2) is 15.0 Å². The lowest BCUT2D eigenvalue weighted by atomic mass is 9.59. The van der Waals surface area contributed by atoms with E-state index in [0.717, 1.165) is 33.5 Å². The summed E-state index contributed by atoms with van der Waals surface area (Å²) in [4.78, 5) is 14.9. The van der Waals surface area contributed by atoms with Crippen LogP contribution >= 0.6 is 0 Å². The van der Waals surface area contributed by atoms with Gasteiger partial charge in [-0.15, -0.1) is 0 Å². The largest absolute Gasteiger partial charge is 0.309 e. The number of rotatable bonds is 5. The standard InChI is InChI=1S/C48H42N4/c1-46(2)39-29-38-37-25-13-14-26-41(37)52(42(38)30-40(39)47(3,4)48(46,5)6)36-24-16-22-34(28-36)33-21-15-23-35(27-33)45-50-43(31-17-9-7-10-18-31)49-44(51-45)32-19-11-8-12-20-32/h7-30H,1-6H3. The predicted molar refractivity (Wildman–Crippen MR) is 216 cm³/mol. The molecule has 0 radical (unpaired) electrons. The molecule has 0 saturated heterocycles. The highest BCUT2D eigenvalue weighted by molar-refractivity contribution is 6.10. The summed E-state index contributed by atoms with van der Waals surface area (Å²) in [6, 6.07) is 51.5. The SMILES string of the molecule is CC1(C)c2cc3c4ccccc4n(-c4cccc(-c5cccc(-c6nc(-c7ccccc7)nc(-c7ccccc7)n6)c5)c4)c3cc2C(C)(C)C1(C)C. The van der Waals surface area contributed by atoms with Crippen LogP contribution in [0, 0.1) is 5.41 Å². The molecule has 0 bridgehead atoms. The third kappa shape index (κ3) is 4.77. The number of benzene rings is 6. The van der Waals surface area contributed by atoms with Crippen molar-refractivity contribution in [2.45, 2.75) is 52.4 Å². The fraction of sp³-hybridized carbons (Fsp3) is 0.188. The number of aromatic nitrogens is 4. The summed E-state index contributed by atoms with van der Waals surface area (Å²) < 4.78 is 2.46. The predicted octanol–water partition coefficient (Wildman–Crippen LogP) is 12.2. The lowest BCUT2D eigenvalue weighted by Crippen LogP contribution is -2.42. The van der Waals surface area contributed by atoms with Crippen molar-refractivity contribution in [1.82, 2.24) is 19.5 Å². The van der Waals surface area contributed by atoms with Gasteiger partial charge in [0.2, 0.25) is 0 Å². The summed E-state index contributed by atoms with van der Waals surface area (Å²) in [5.41, 5.74) is 11.8. The van der Waals surface area contributed by atoms with Crippen LogP contribution in [0.5, 0.6) is 0 Å². The fourth-order valence-electron chi connectivity index (χ4n) is 8.38. The van der Waals surface area contributed by atoms with Crippen molar-refractivity contribution in [3.63, 3.8) is 0 Å². The summed E-state index contributed by atoms with van der Waals surface area (Å²) >= 11 is 0. The molecule has 2 aromatic heterocycles. The molecule has 1 aliphatic carbocycles. The molecule has 52 heavy (non-hydrogen) atoms. The quantitative estimate of drug-likeness (QED) is 0.182. The maximum atomic E-state index is 4.99. The Morgan fingerprint density at radius 3 is 1.50 bits per heavy atom. The van der Waals surface area contributed by atoms with Gasteiger partial charge in [0, 0.05) is 33.2 Å². The Hall–Kier alpha value is -5.87. The molecule has 8 aromatic rings. The molecule has 0 amide bonds. The van der Waals surface area contributed by atoms with Gasteiger partial charge in [0.15, 0.2) is 17.5 Å². The van der Waals surface area contributed by atoms with Crippen LogP contribution in [0.3, 0.4) is 0 Å². The van der Waals surface area contributed by atoms with Crippen molar-refractivity contribution in [3.05, 3.63) is 157 Å². The number of fused-ring (bicyclic) bond motifs is 4. The Bertz CT molecular complexity index is 2590. The van der Waals surface area contributed by atoms with Gasteiger partial charge in [-0.2, -0.15) is 0 Å². The van der Waals surface area contributed by atoms with E-state index in [4.69, 9.17) is 15.0 Å². The van der Waals surface area contributed by atoms with Gasteiger partial charge >= 0.3 is 0 Å². The first-order valence-corrected chi connectivity index (χ1v) is 18.2. The van der Waals surface area contributed by atoms with Crippen molar-refractivity contribution in [3.8, 4) is 51.0 Å². The van der Waals surface area contributed by atoms with Crippen LogP contribution in [0.2, 0.25) is 0 Å². The normalized spacial score (nSPS) is 15.6. The summed E-state index contributed by atoms with van der Waals surface area (Å²) in [5.74, 6) is 1.96. The van der Waals surface area contributed by atoms with Crippen LogP contribution in [0.15, 0.2) is 146 Å². The fourth-order valence-corrected chi connectivity index (χ4v) is 8.38. The molecule has 4 heteroatoms. The first-order chi connectivity index (χ1) is 25.0. The molecule has 4 nitrogen and oxygen atoms in total. The van der Waals surface area contributed by atoms with Crippen molar-refractivity contribution in [2.75, 3.05) is 0 Å². The molecular formula is C48H42N4. The molecule has 2 heterocycles. The van der Waals surface area contributed by atoms with Gasteiger partial charge in [0.1, 0.15) is 0 Å². The molecule has 0 fully saturated rings. The summed E-state index contributed by atoms with van der Waals surface area (Å²) in [6.07, 6.45) is 0. The highest BCUT2D eigenvalue weighted by atomic mass is 15.0. The monoisotopic (exact) mass is 674 g/mol. The molecule has 0 aliphatic heterocycles. The smallest absolute Gasteiger partial charge is 0.164 e. The Labute approximate surface area is 305 Å². The molecule has 6 aromatic carbocycles. The highest BCUT2D eigenvalue weighted by Crippen LogP contribution is 2.62. The average Bonchev–Trinajstić information content (AvgIpc) is 3.55. The van der Waals surface area contributed by atoms with E-state index >= 15 is 0 Å². The minimum Gasteiger partial charge on any atom is -0.309 e. The van der Waals surface area contributed by atoms with Crippen LogP contribution in [-0.2, 0) is 10.8 Å². The Kier molecular flexibility index (Phi) is 7.14. The Balaban J connectivity index is 1.18. The molecular weight excluding hydrogens is 633 g/mol. The molecule has 0 saturated carbocycles. The zero-order chi connectivity index (χ0) is 35.8. The van der Waals surface area contributed by atoms with Gasteiger partial charge in [0.25, 0.3) is 0 Å². The van der Waals surface area contributed by atoms with E-state index in [9.17, 15) is 0 Å². The van der Waals surface area contributed by atoms with Gasteiger partial charge in [-0.3, -0.25) is 0 Å². The molecule has 9 rings (SSSR count). The Morgan fingerprint density at radius 1 is 0.385 bits per heavy atom. The van der Waals surface area contributed by atoms with E-state index in [2.05, 4.69) is 131 Å². The van der Waals surface area contributed by atoms with Crippen molar-refractivity contribution < 1.29 is 0 Å². The van der Waals surface area contributed by atoms with Crippen LogP contribution in [0.4, 0.5) is 0 Å². The summed E-state index contributed by atoms with van der Waals surface area (Å²) in [5, 5.41) is 2.59. The number of hydrogen-bond acceptors (Lipinski definition) is 3. The first-order valence-electron chi connectivity index (χ1n) is 18.2. The van der Waals surface area contributed by atoms with E-state index in [1.54, 1.807) is 0 Å². The average molecular weight is 675 g/mol. The van der Waals surface area contributed by atoms with Crippen molar-refractivity contribution in [2.24, 2.45) is 5.41 Å². The van der Waals surface area contributed by atoms with Gasteiger partial charge in [-0.05, 0) is 74.9 Å². The molecule has 254 valence electrons. The second-order valence-corrected chi connectivity index (χ2v) is 15.8. The minimum atomic E-state index is 0.0133. The van der Waals surface area contributed by atoms with Gasteiger partial charge in [0.05, 0.1) is 11.0 Å². The van der Waals surface area contributed by atoms with Crippen molar-refractivity contribution >= 4 is 21.8 Å². The van der Waals surface area contributed by atoms with Gasteiger partial charge < -0.3 is 4.57 Å². The lowest BCUT2D eigenvalue weighted by Gasteiger charge is -2.44. The van der Waals surface area contributed by atoms with E-state index in [-0.39, 0.29) is 16.2 Å². The van der Waals surface area contributed by atoms with Crippen molar-refractivity contribution in [1.29, 1.82) is 0 Å².